The van der Waals surface area contributed by atoms with Gasteiger partial charge in [-0.1, -0.05) is 259 Å². The van der Waals surface area contributed by atoms with E-state index in [-0.39, 0.29) is 37.5 Å². The highest BCUT2D eigenvalue weighted by Gasteiger charge is 2.19. The fourth-order valence-corrected chi connectivity index (χ4v) is 7.94. The summed E-state index contributed by atoms with van der Waals surface area (Å²) < 4.78 is 16.8. The van der Waals surface area contributed by atoms with E-state index in [4.69, 9.17) is 14.2 Å². The molecule has 0 radical (unpaired) electrons. The van der Waals surface area contributed by atoms with Crippen LogP contribution in [0.25, 0.3) is 0 Å². The van der Waals surface area contributed by atoms with Crippen molar-refractivity contribution in [2.75, 3.05) is 13.2 Å². The largest absolute Gasteiger partial charge is 0.462 e. The number of unbranched alkanes of at least 4 members (excludes halogenated alkanes) is 23. The standard InChI is InChI=1S/C65H108O6/c1-4-7-10-13-16-19-22-25-28-30-31-32-33-35-37-40-43-46-49-52-55-58-64(67)70-61-62(60-69-63(66)57-54-51-48-45-42-39-36-27-24-21-18-15-12-9-6-3)71-65(68)59-56-53-50-47-44-41-38-34-29-26-23-20-17-14-11-8-5-2/h8-9,11-12,17-18,20-21,26-27,29,36,38,41-42,45,47,50,62H,4-7,10,13-16,19,22-25,28,30-35,37,39-40,43-44,46,48-49,51-61H2,1-3H3/b11-8-,12-9-,20-17-,21-18-,29-26-,36-27-,41-38-,45-42-,50-47-/t62-/m1/s1. The van der Waals surface area contributed by atoms with Crippen molar-refractivity contribution < 1.29 is 28.6 Å². The van der Waals surface area contributed by atoms with E-state index in [1.165, 1.54) is 116 Å². The number of hydrogen-bond acceptors (Lipinski definition) is 6. The van der Waals surface area contributed by atoms with Crippen LogP contribution in [0.4, 0.5) is 0 Å². The van der Waals surface area contributed by atoms with Gasteiger partial charge < -0.3 is 14.2 Å². The van der Waals surface area contributed by atoms with Crippen LogP contribution in [0.1, 0.15) is 265 Å². The van der Waals surface area contributed by atoms with E-state index in [1.54, 1.807) is 0 Å². The molecule has 6 nitrogen and oxygen atoms in total. The highest BCUT2D eigenvalue weighted by Crippen LogP contribution is 2.16. The first-order valence-electron chi connectivity index (χ1n) is 29.4. The Morgan fingerprint density at radius 3 is 0.901 bits per heavy atom. The average Bonchev–Trinajstić information content (AvgIpc) is 3.37. The van der Waals surface area contributed by atoms with Crippen molar-refractivity contribution in [3.8, 4) is 0 Å². The summed E-state index contributed by atoms with van der Waals surface area (Å²) in [4.78, 5) is 38.2. The second kappa shape index (κ2) is 58.6. The second-order valence-corrected chi connectivity index (χ2v) is 19.1. The van der Waals surface area contributed by atoms with Crippen LogP contribution >= 0.6 is 0 Å². The zero-order valence-corrected chi connectivity index (χ0v) is 46.2. The first-order valence-corrected chi connectivity index (χ1v) is 29.4. The summed E-state index contributed by atoms with van der Waals surface area (Å²) in [5, 5.41) is 0. The average molecular weight is 986 g/mol. The fourth-order valence-electron chi connectivity index (χ4n) is 7.94. The molecule has 0 amide bonds. The molecule has 0 saturated carbocycles. The SMILES string of the molecule is CC/C=C\C/C=C\C/C=C\C/C=C\C/C=C\CCCC(=O)O[C@H](COC(=O)CCCC/C=C\C/C=C\C/C=C\C/C=C\CC)COC(=O)CCCCCCCCCCCCCCCCCCCCCCC. The molecule has 0 bridgehead atoms. The molecular weight excluding hydrogens is 877 g/mol. The molecule has 0 aliphatic carbocycles. The monoisotopic (exact) mass is 985 g/mol. The Balaban J connectivity index is 4.47. The second-order valence-electron chi connectivity index (χ2n) is 19.1. The Morgan fingerprint density at radius 1 is 0.296 bits per heavy atom. The number of carbonyl (C=O) groups is 3. The van der Waals surface area contributed by atoms with Crippen LogP contribution in [-0.2, 0) is 28.6 Å². The van der Waals surface area contributed by atoms with Crippen LogP contribution in [0.5, 0.6) is 0 Å². The Bertz CT molecular complexity index is 1460. The van der Waals surface area contributed by atoms with Crippen LogP contribution in [0.3, 0.4) is 0 Å². The lowest BCUT2D eigenvalue weighted by Gasteiger charge is -2.18. The zero-order valence-electron chi connectivity index (χ0n) is 46.2. The van der Waals surface area contributed by atoms with Gasteiger partial charge in [0.15, 0.2) is 6.10 Å². The molecule has 71 heavy (non-hydrogen) atoms. The minimum atomic E-state index is -0.826. The number of rotatable bonds is 52. The van der Waals surface area contributed by atoms with Crippen LogP contribution in [0, 0.1) is 0 Å². The van der Waals surface area contributed by atoms with Crippen molar-refractivity contribution in [2.24, 2.45) is 0 Å². The maximum Gasteiger partial charge on any atom is 0.306 e. The molecule has 0 aliphatic rings. The number of esters is 3. The van der Waals surface area contributed by atoms with Crippen molar-refractivity contribution in [2.45, 2.75) is 271 Å². The lowest BCUT2D eigenvalue weighted by Crippen LogP contribution is -2.30. The fraction of sp³-hybridized carbons (Fsp3) is 0.677. The van der Waals surface area contributed by atoms with Gasteiger partial charge in [0.2, 0.25) is 0 Å². The molecule has 0 spiro atoms. The van der Waals surface area contributed by atoms with E-state index in [2.05, 4.69) is 130 Å². The summed E-state index contributed by atoms with van der Waals surface area (Å²) in [6.07, 6.45) is 79.6. The molecule has 0 heterocycles. The topological polar surface area (TPSA) is 78.9 Å². The molecule has 0 unspecified atom stereocenters. The summed E-state index contributed by atoms with van der Waals surface area (Å²) in [7, 11) is 0. The third kappa shape index (κ3) is 56.9. The highest BCUT2D eigenvalue weighted by molar-refractivity contribution is 5.71. The first kappa shape index (κ1) is 67.1. The van der Waals surface area contributed by atoms with Crippen molar-refractivity contribution in [3.63, 3.8) is 0 Å². The van der Waals surface area contributed by atoms with Crippen molar-refractivity contribution in [1.82, 2.24) is 0 Å². The van der Waals surface area contributed by atoms with Gasteiger partial charge in [0.05, 0.1) is 0 Å². The molecule has 0 aliphatic heterocycles. The van der Waals surface area contributed by atoms with Gasteiger partial charge in [-0.25, -0.2) is 0 Å². The van der Waals surface area contributed by atoms with E-state index >= 15 is 0 Å². The summed E-state index contributed by atoms with van der Waals surface area (Å²) in [6, 6.07) is 0. The number of hydrogen-bond donors (Lipinski definition) is 0. The summed E-state index contributed by atoms with van der Waals surface area (Å²) in [6.45, 7) is 6.34. The maximum absolute atomic E-state index is 12.8. The zero-order chi connectivity index (χ0) is 51.4. The third-order valence-corrected chi connectivity index (χ3v) is 12.3. The smallest absolute Gasteiger partial charge is 0.306 e. The van der Waals surface area contributed by atoms with E-state index in [1.807, 2.05) is 0 Å². The molecule has 6 heteroatoms. The van der Waals surface area contributed by atoms with E-state index < -0.39 is 6.10 Å². The Hall–Kier alpha value is -3.93. The molecule has 0 rings (SSSR count). The third-order valence-electron chi connectivity index (χ3n) is 12.3. The molecule has 0 fully saturated rings. The highest BCUT2D eigenvalue weighted by atomic mass is 16.6. The molecule has 0 aromatic rings. The number of allylic oxidation sites excluding steroid dienone is 18. The first-order chi connectivity index (χ1) is 35.0. The van der Waals surface area contributed by atoms with Gasteiger partial charge in [-0.2, -0.15) is 0 Å². The van der Waals surface area contributed by atoms with Gasteiger partial charge in [-0.3, -0.25) is 14.4 Å². The quantitative estimate of drug-likeness (QED) is 0.0261. The van der Waals surface area contributed by atoms with Crippen molar-refractivity contribution >= 4 is 17.9 Å². The Labute approximate surface area is 438 Å². The molecular formula is C65H108O6. The minimum Gasteiger partial charge on any atom is -0.462 e. The summed E-state index contributed by atoms with van der Waals surface area (Å²) in [5.74, 6) is -1.01. The van der Waals surface area contributed by atoms with Gasteiger partial charge in [0, 0.05) is 19.3 Å². The maximum atomic E-state index is 12.8. The van der Waals surface area contributed by atoms with Crippen LogP contribution in [0.15, 0.2) is 109 Å². The van der Waals surface area contributed by atoms with E-state index in [9.17, 15) is 14.4 Å². The molecule has 404 valence electrons. The molecule has 0 aromatic heterocycles. The van der Waals surface area contributed by atoms with Crippen LogP contribution < -0.4 is 0 Å². The molecule has 0 saturated heterocycles. The van der Waals surface area contributed by atoms with Gasteiger partial charge in [0.1, 0.15) is 13.2 Å². The van der Waals surface area contributed by atoms with Gasteiger partial charge in [0.25, 0.3) is 0 Å². The predicted molar refractivity (Wildman–Crippen MR) is 307 cm³/mol. The minimum absolute atomic E-state index is 0.113. The van der Waals surface area contributed by atoms with E-state index in [0.29, 0.717) is 25.7 Å². The van der Waals surface area contributed by atoms with Gasteiger partial charge in [-0.15, -0.1) is 0 Å². The van der Waals surface area contributed by atoms with Gasteiger partial charge >= 0.3 is 17.9 Å². The number of carbonyl (C=O) groups excluding carboxylic acids is 3. The number of ether oxygens (including phenoxy) is 3. The van der Waals surface area contributed by atoms with Gasteiger partial charge in [-0.05, 0) is 96.3 Å². The summed E-state index contributed by atoms with van der Waals surface area (Å²) in [5.41, 5.74) is 0. The molecule has 0 N–H and O–H groups in total. The van der Waals surface area contributed by atoms with Crippen LogP contribution in [0.2, 0.25) is 0 Å². The van der Waals surface area contributed by atoms with Crippen molar-refractivity contribution in [1.29, 1.82) is 0 Å². The van der Waals surface area contributed by atoms with Crippen LogP contribution in [-0.4, -0.2) is 37.2 Å². The lowest BCUT2D eigenvalue weighted by atomic mass is 10.0. The summed E-state index contributed by atoms with van der Waals surface area (Å²) >= 11 is 0. The molecule has 0 aromatic carbocycles. The van der Waals surface area contributed by atoms with E-state index in [0.717, 1.165) is 96.3 Å². The van der Waals surface area contributed by atoms with Crippen molar-refractivity contribution in [3.05, 3.63) is 109 Å². The lowest BCUT2D eigenvalue weighted by molar-refractivity contribution is -0.167. The predicted octanol–water partition coefficient (Wildman–Crippen LogP) is 19.9. The Kier molecular flexibility index (Phi) is 55.4. The Morgan fingerprint density at radius 2 is 0.563 bits per heavy atom. The normalized spacial score (nSPS) is 12.9. The molecule has 1 atom stereocenters.